The molecule has 2 aromatic carbocycles. The second-order valence-electron chi connectivity index (χ2n) is 6.18. The second-order valence-corrected chi connectivity index (χ2v) is 6.18. The zero-order valence-electron chi connectivity index (χ0n) is 15.3. The third-order valence-electron chi connectivity index (χ3n) is 4.13. The van der Waals surface area contributed by atoms with Gasteiger partial charge in [0.05, 0.1) is 0 Å². The third-order valence-corrected chi connectivity index (χ3v) is 4.13. The van der Waals surface area contributed by atoms with E-state index in [1.54, 1.807) is 12.1 Å². The summed E-state index contributed by atoms with van der Waals surface area (Å²) in [6.45, 7) is 1.98. The SMILES string of the molecule is CCc1ccc(OCC(O)COc2cccc3oc(C(=O)O)cc(=O)c23)cc1. The van der Waals surface area contributed by atoms with Crippen LogP contribution in [0.2, 0.25) is 0 Å². The molecule has 7 nitrogen and oxygen atoms in total. The molecule has 1 aromatic heterocycles. The number of carboxylic acid groups (broad SMARTS) is 1. The molecule has 7 heteroatoms. The summed E-state index contributed by atoms with van der Waals surface area (Å²) in [6, 6.07) is 13.1. The predicted molar refractivity (Wildman–Crippen MR) is 102 cm³/mol. The summed E-state index contributed by atoms with van der Waals surface area (Å²) in [5, 5.41) is 19.2. The molecular weight excluding hydrogens is 364 g/mol. The zero-order valence-corrected chi connectivity index (χ0v) is 15.3. The number of aryl methyl sites for hydroxylation is 1. The van der Waals surface area contributed by atoms with Crippen LogP contribution in [-0.2, 0) is 6.42 Å². The summed E-state index contributed by atoms with van der Waals surface area (Å²) in [7, 11) is 0. The number of rotatable bonds is 8. The molecule has 0 radical (unpaired) electrons. The Morgan fingerprint density at radius 2 is 1.82 bits per heavy atom. The molecule has 0 fully saturated rings. The molecule has 1 unspecified atom stereocenters. The summed E-state index contributed by atoms with van der Waals surface area (Å²) >= 11 is 0. The monoisotopic (exact) mass is 384 g/mol. The van der Waals surface area contributed by atoms with E-state index in [-0.39, 0.29) is 29.9 Å². The van der Waals surface area contributed by atoms with E-state index in [2.05, 4.69) is 6.92 Å². The molecule has 3 rings (SSSR count). The molecule has 2 N–H and O–H groups in total. The number of carboxylic acids is 1. The molecule has 0 aliphatic carbocycles. The lowest BCUT2D eigenvalue weighted by Crippen LogP contribution is -2.25. The third kappa shape index (κ3) is 4.50. The summed E-state index contributed by atoms with van der Waals surface area (Å²) in [5.74, 6) is -0.931. The van der Waals surface area contributed by atoms with E-state index >= 15 is 0 Å². The molecule has 146 valence electrons. The second kappa shape index (κ2) is 8.58. The summed E-state index contributed by atoms with van der Waals surface area (Å²) < 4.78 is 16.3. The predicted octanol–water partition coefficient (Wildman–Crippen LogP) is 2.87. The minimum absolute atomic E-state index is 0.0218. The van der Waals surface area contributed by atoms with Gasteiger partial charge in [-0.2, -0.15) is 0 Å². The van der Waals surface area contributed by atoms with Crippen LogP contribution < -0.4 is 14.9 Å². The summed E-state index contributed by atoms with van der Waals surface area (Å²) in [5.41, 5.74) is 0.761. The Bertz CT molecular complexity index is 1020. The maximum atomic E-state index is 12.2. The number of aliphatic hydroxyl groups is 1. The van der Waals surface area contributed by atoms with E-state index in [9.17, 15) is 14.7 Å². The number of ether oxygens (including phenoxy) is 2. The van der Waals surface area contributed by atoms with Crippen LogP contribution in [0.4, 0.5) is 0 Å². The van der Waals surface area contributed by atoms with Crippen molar-refractivity contribution >= 4 is 16.9 Å². The highest BCUT2D eigenvalue weighted by atomic mass is 16.5. The van der Waals surface area contributed by atoms with Gasteiger partial charge >= 0.3 is 5.97 Å². The fraction of sp³-hybridized carbons (Fsp3) is 0.238. The maximum absolute atomic E-state index is 12.2. The molecule has 1 heterocycles. The molecular formula is C21H20O7. The van der Waals surface area contributed by atoms with E-state index in [0.29, 0.717) is 5.75 Å². The number of aromatic carboxylic acids is 1. The lowest BCUT2D eigenvalue weighted by molar-refractivity contribution is 0.0631. The van der Waals surface area contributed by atoms with Crippen molar-refractivity contribution in [1.82, 2.24) is 0 Å². The minimum Gasteiger partial charge on any atom is -0.491 e. The van der Waals surface area contributed by atoms with Gasteiger partial charge in [0.1, 0.15) is 41.8 Å². The largest absolute Gasteiger partial charge is 0.491 e. The Kier molecular flexibility index (Phi) is 5.96. The molecule has 0 bridgehead atoms. The highest BCUT2D eigenvalue weighted by Crippen LogP contribution is 2.23. The first-order valence-corrected chi connectivity index (χ1v) is 8.80. The van der Waals surface area contributed by atoms with E-state index in [4.69, 9.17) is 19.0 Å². The van der Waals surface area contributed by atoms with E-state index in [0.717, 1.165) is 12.5 Å². The summed E-state index contributed by atoms with van der Waals surface area (Å²) in [4.78, 5) is 23.3. The number of hydrogen-bond acceptors (Lipinski definition) is 6. The molecule has 0 aliphatic heterocycles. The van der Waals surface area contributed by atoms with Crippen LogP contribution in [0.3, 0.4) is 0 Å². The molecule has 3 aromatic rings. The van der Waals surface area contributed by atoms with Crippen LogP contribution in [0, 0.1) is 0 Å². The first-order chi connectivity index (χ1) is 13.5. The van der Waals surface area contributed by atoms with Gasteiger partial charge in [-0.1, -0.05) is 25.1 Å². The van der Waals surface area contributed by atoms with Gasteiger partial charge in [0, 0.05) is 6.07 Å². The molecule has 1 atom stereocenters. The topological polar surface area (TPSA) is 106 Å². The van der Waals surface area contributed by atoms with Crippen molar-refractivity contribution in [3.8, 4) is 11.5 Å². The Labute approximate surface area is 160 Å². The Morgan fingerprint density at radius 3 is 2.50 bits per heavy atom. The minimum atomic E-state index is -1.33. The van der Waals surface area contributed by atoms with Crippen molar-refractivity contribution in [1.29, 1.82) is 0 Å². The Morgan fingerprint density at radius 1 is 1.11 bits per heavy atom. The Balaban J connectivity index is 1.65. The van der Waals surface area contributed by atoms with Gasteiger partial charge in [-0.25, -0.2) is 4.79 Å². The first-order valence-electron chi connectivity index (χ1n) is 8.80. The number of carbonyl (C=O) groups is 1. The van der Waals surface area contributed by atoms with Crippen LogP contribution >= 0.6 is 0 Å². The Hall–Kier alpha value is -3.32. The van der Waals surface area contributed by atoms with Crippen LogP contribution in [0.1, 0.15) is 23.0 Å². The van der Waals surface area contributed by atoms with Gasteiger partial charge in [0.2, 0.25) is 5.76 Å². The number of benzene rings is 2. The van der Waals surface area contributed by atoms with E-state index < -0.39 is 23.3 Å². The smallest absolute Gasteiger partial charge is 0.371 e. The average Bonchev–Trinajstić information content (AvgIpc) is 2.70. The molecule has 28 heavy (non-hydrogen) atoms. The number of fused-ring (bicyclic) bond motifs is 1. The zero-order chi connectivity index (χ0) is 20.1. The van der Waals surface area contributed by atoms with Crippen LogP contribution in [-0.4, -0.2) is 35.5 Å². The highest BCUT2D eigenvalue weighted by Gasteiger charge is 2.15. The van der Waals surface area contributed by atoms with E-state index in [1.807, 2.05) is 24.3 Å². The van der Waals surface area contributed by atoms with Crippen LogP contribution in [0.5, 0.6) is 11.5 Å². The number of hydrogen-bond donors (Lipinski definition) is 2. The van der Waals surface area contributed by atoms with Gasteiger partial charge in [-0.3, -0.25) is 4.79 Å². The van der Waals surface area contributed by atoms with Crippen LogP contribution in [0.25, 0.3) is 11.0 Å². The lowest BCUT2D eigenvalue weighted by atomic mass is 10.2. The number of aliphatic hydroxyl groups excluding tert-OH is 1. The molecule has 0 saturated heterocycles. The fourth-order valence-corrected chi connectivity index (χ4v) is 2.65. The van der Waals surface area contributed by atoms with Gasteiger partial charge in [0.25, 0.3) is 0 Å². The van der Waals surface area contributed by atoms with Crippen molar-refractivity contribution in [3.63, 3.8) is 0 Å². The lowest BCUT2D eigenvalue weighted by Gasteiger charge is -2.14. The standard InChI is InChI=1S/C21H20O7/c1-2-13-6-8-15(9-7-13)26-11-14(22)12-27-17-4-3-5-18-20(17)16(23)10-19(28-18)21(24)25/h3-10,14,22H,2,11-12H2,1H3,(H,24,25). The van der Waals surface area contributed by atoms with Crippen molar-refractivity contribution in [2.75, 3.05) is 13.2 Å². The van der Waals surface area contributed by atoms with Gasteiger partial charge in [-0.15, -0.1) is 0 Å². The average molecular weight is 384 g/mol. The van der Waals surface area contributed by atoms with Crippen molar-refractivity contribution in [2.24, 2.45) is 0 Å². The molecule has 0 spiro atoms. The van der Waals surface area contributed by atoms with Crippen LogP contribution in [0.15, 0.2) is 57.7 Å². The van der Waals surface area contributed by atoms with Gasteiger partial charge < -0.3 is 24.1 Å². The fourth-order valence-electron chi connectivity index (χ4n) is 2.65. The van der Waals surface area contributed by atoms with Gasteiger partial charge in [-0.05, 0) is 36.2 Å². The summed E-state index contributed by atoms with van der Waals surface area (Å²) in [6.07, 6.45) is 0.00966. The normalized spacial score (nSPS) is 11.9. The highest BCUT2D eigenvalue weighted by molar-refractivity contribution is 5.89. The van der Waals surface area contributed by atoms with Crippen molar-refractivity contribution in [2.45, 2.75) is 19.4 Å². The van der Waals surface area contributed by atoms with Crippen molar-refractivity contribution in [3.05, 3.63) is 70.1 Å². The molecule has 0 aliphatic rings. The first kappa shape index (κ1) is 19.4. The molecule has 0 saturated carbocycles. The quantitative estimate of drug-likeness (QED) is 0.615. The van der Waals surface area contributed by atoms with E-state index in [1.165, 1.54) is 11.6 Å². The molecule has 0 amide bonds. The van der Waals surface area contributed by atoms with Gasteiger partial charge in [0.15, 0.2) is 5.43 Å². The van der Waals surface area contributed by atoms with Crippen molar-refractivity contribution < 1.29 is 28.9 Å². The maximum Gasteiger partial charge on any atom is 0.371 e.